The SMILES string of the molecule is CCCCCC/C=C\CCCCCCCC(=O)OC(COC(=O)CCCCCCC)COC(=O)CCCCCCC/C=C\CCCCCCC. The smallest absolute Gasteiger partial charge is 0.306 e. The molecule has 0 rings (SSSR count). The Morgan fingerprint density at radius 3 is 1.02 bits per heavy atom. The number of unbranched alkanes of at least 4 members (excludes halogenated alkanes) is 23. The zero-order valence-electron chi connectivity index (χ0n) is 33.2. The number of esters is 3. The normalized spacial score (nSPS) is 12.1. The lowest BCUT2D eigenvalue weighted by Gasteiger charge is -2.18. The Hall–Kier alpha value is -2.11. The van der Waals surface area contributed by atoms with E-state index in [0.29, 0.717) is 19.3 Å². The van der Waals surface area contributed by atoms with Crippen molar-refractivity contribution in [2.24, 2.45) is 0 Å². The molecule has 0 bridgehead atoms. The molecule has 0 heterocycles. The van der Waals surface area contributed by atoms with E-state index in [9.17, 15) is 14.4 Å². The van der Waals surface area contributed by atoms with Gasteiger partial charge in [0.15, 0.2) is 6.10 Å². The standard InChI is InChI=1S/C44H80O6/c1-4-7-10-13-15-17-19-21-23-24-26-28-31-34-37-43(46)49-40-41(39-48-42(45)36-33-30-12-9-6-3)50-44(47)38-35-32-29-27-25-22-20-18-16-14-11-8-5-2/h18-21,41H,4-17,22-40H2,1-3H3/b20-18-,21-19-. The van der Waals surface area contributed by atoms with Crippen molar-refractivity contribution in [3.8, 4) is 0 Å². The predicted molar refractivity (Wildman–Crippen MR) is 210 cm³/mol. The summed E-state index contributed by atoms with van der Waals surface area (Å²) in [6.07, 6.45) is 41.8. The summed E-state index contributed by atoms with van der Waals surface area (Å²) in [6, 6.07) is 0. The van der Waals surface area contributed by atoms with Gasteiger partial charge in [0.05, 0.1) is 0 Å². The molecule has 0 saturated carbocycles. The van der Waals surface area contributed by atoms with Crippen molar-refractivity contribution in [3.63, 3.8) is 0 Å². The first-order valence-electron chi connectivity index (χ1n) is 21.3. The molecule has 0 aliphatic carbocycles. The van der Waals surface area contributed by atoms with Gasteiger partial charge < -0.3 is 14.2 Å². The third-order valence-electron chi connectivity index (χ3n) is 9.18. The van der Waals surface area contributed by atoms with Crippen LogP contribution in [0.2, 0.25) is 0 Å². The summed E-state index contributed by atoms with van der Waals surface area (Å²) >= 11 is 0. The molecule has 292 valence electrons. The lowest BCUT2D eigenvalue weighted by Crippen LogP contribution is -2.30. The first-order chi connectivity index (χ1) is 24.5. The average molecular weight is 705 g/mol. The summed E-state index contributed by atoms with van der Waals surface area (Å²) in [5, 5.41) is 0. The number of hydrogen-bond acceptors (Lipinski definition) is 6. The lowest BCUT2D eigenvalue weighted by atomic mass is 10.1. The fourth-order valence-electron chi connectivity index (χ4n) is 5.90. The summed E-state index contributed by atoms with van der Waals surface area (Å²) in [5.74, 6) is -0.908. The molecule has 0 radical (unpaired) electrons. The Labute approximate surface area is 309 Å². The Balaban J connectivity index is 4.27. The van der Waals surface area contributed by atoms with E-state index in [1.54, 1.807) is 0 Å². The molecule has 0 amide bonds. The van der Waals surface area contributed by atoms with Crippen LogP contribution < -0.4 is 0 Å². The van der Waals surface area contributed by atoms with Crippen molar-refractivity contribution in [1.82, 2.24) is 0 Å². The average Bonchev–Trinajstić information content (AvgIpc) is 3.11. The predicted octanol–water partition coefficient (Wildman–Crippen LogP) is 13.2. The molecule has 0 aromatic heterocycles. The monoisotopic (exact) mass is 705 g/mol. The van der Waals surface area contributed by atoms with Crippen LogP contribution in [-0.2, 0) is 28.6 Å². The van der Waals surface area contributed by atoms with Crippen LogP contribution in [0, 0.1) is 0 Å². The topological polar surface area (TPSA) is 78.9 Å². The van der Waals surface area contributed by atoms with E-state index < -0.39 is 6.10 Å². The van der Waals surface area contributed by atoms with Crippen LogP contribution >= 0.6 is 0 Å². The van der Waals surface area contributed by atoms with Crippen LogP contribution in [-0.4, -0.2) is 37.2 Å². The summed E-state index contributed by atoms with van der Waals surface area (Å²) in [6.45, 7) is 6.50. The Kier molecular flexibility index (Phi) is 38.0. The summed E-state index contributed by atoms with van der Waals surface area (Å²) in [7, 11) is 0. The maximum absolute atomic E-state index is 12.6. The molecule has 6 nitrogen and oxygen atoms in total. The molecular weight excluding hydrogens is 624 g/mol. The van der Waals surface area contributed by atoms with Gasteiger partial charge in [-0.2, -0.15) is 0 Å². The zero-order valence-corrected chi connectivity index (χ0v) is 33.2. The van der Waals surface area contributed by atoms with Gasteiger partial charge in [-0.1, -0.05) is 154 Å². The van der Waals surface area contributed by atoms with E-state index in [0.717, 1.165) is 77.0 Å². The van der Waals surface area contributed by atoms with Gasteiger partial charge in [0.1, 0.15) is 13.2 Å². The van der Waals surface area contributed by atoms with Gasteiger partial charge in [0, 0.05) is 19.3 Å². The van der Waals surface area contributed by atoms with Gasteiger partial charge in [0.2, 0.25) is 0 Å². The minimum absolute atomic E-state index is 0.0771. The molecule has 0 fully saturated rings. The quantitative estimate of drug-likeness (QED) is 0.0275. The van der Waals surface area contributed by atoms with Gasteiger partial charge in [-0.25, -0.2) is 0 Å². The molecule has 50 heavy (non-hydrogen) atoms. The molecule has 0 aromatic rings. The second-order valence-electron chi connectivity index (χ2n) is 14.3. The van der Waals surface area contributed by atoms with Crippen LogP contribution in [0.4, 0.5) is 0 Å². The highest BCUT2D eigenvalue weighted by atomic mass is 16.6. The molecule has 0 N–H and O–H groups in total. The van der Waals surface area contributed by atoms with Crippen LogP contribution in [0.25, 0.3) is 0 Å². The third kappa shape index (κ3) is 37.2. The van der Waals surface area contributed by atoms with Crippen molar-refractivity contribution >= 4 is 17.9 Å². The van der Waals surface area contributed by atoms with Crippen LogP contribution in [0.15, 0.2) is 24.3 Å². The number of rotatable bonds is 38. The number of allylic oxidation sites excluding steroid dienone is 4. The second kappa shape index (κ2) is 39.7. The number of hydrogen-bond donors (Lipinski definition) is 0. The fourth-order valence-corrected chi connectivity index (χ4v) is 5.90. The van der Waals surface area contributed by atoms with E-state index in [-0.39, 0.29) is 31.1 Å². The second-order valence-corrected chi connectivity index (χ2v) is 14.3. The largest absolute Gasteiger partial charge is 0.462 e. The number of carbonyl (C=O) groups is 3. The molecule has 0 saturated heterocycles. The maximum atomic E-state index is 12.6. The fraction of sp³-hybridized carbons (Fsp3) is 0.841. The molecular formula is C44H80O6. The number of carbonyl (C=O) groups excluding carboxylic acids is 3. The van der Waals surface area contributed by atoms with E-state index in [1.165, 1.54) is 103 Å². The first kappa shape index (κ1) is 47.9. The first-order valence-corrected chi connectivity index (χ1v) is 21.3. The molecule has 1 atom stereocenters. The van der Waals surface area contributed by atoms with Crippen LogP contribution in [0.3, 0.4) is 0 Å². The summed E-state index contributed by atoms with van der Waals surface area (Å²) in [4.78, 5) is 37.4. The van der Waals surface area contributed by atoms with Gasteiger partial charge in [-0.05, 0) is 70.6 Å². The molecule has 0 aliphatic heterocycles. The molecule has 0 spiro atoms. The van der Waals surface area contributed by atoms with Crippen molar-refractivity contribution in [1.29, 1.82) is 0 Å². The molecule has 0 aromatic carbocycles. The highest BCUT2D eigenvalue weighted by Crippen LogP contribution is 2.13. The maximum Gasteiger partial charge on any atom is 0.306 e. The van der Waals surface area contributed by atoms with Gasteiger partial charge in [0.25, 0.3) is 0 Å². The highest BCUT2D eigenvalue weighted by molar-refractivity contribution is 5.71. The summed E-state index contributed by atoms with van der Waals surface area (Å²) < 4.78 is 16.5. The Bertz CT molecular complexity index is 819. The highest BCUT2D eigenvalue weighted by Gasteiger charge is 2.19. The minimum atomic E-state index is -0.770. The molecule has 1 unspecified atom stereocenters. The third-order valence-corrected chi connectivity index (χ3v) is 9.18. The molecule has 0 aliphatic rings. The van der Waals surface area contributed by atoms with E-state index >= 15 is 0 Å². The van der Waals surface area contributed by atoms with Gasteiger partial charge in [-0.15, -0.1) is 0 Å². The van der Waals surface area contributed by atoms with Crippen molar-refractivity contribution in [2.45, 2.75) is 226 Å². The molecule has 6 heteroatoms. The van der Waals surface area contributed by atoms with E-state index in [4.69, 9.17) is 14.2 Å². The number of ether oxygens (including phenoxy) is 3. The van der Waals surface area contributed by atoms with E-state index in [1.807, 2.05) is 0 Å². The van der Waals surface area contributed by atoms with Gasteiger partial charge in [-0.3, -0.25) is 14.4 Å². The van der Waals surface area contributed by atoms with Crippen molar-refractivity contribution in [2.75, 3.05) is 13.2 Å². The summed E-state index contributed by atoms with van der Waals surface area (Å²) in [5.41, 5.74) is 0. The minimum Gasteiger partial charge on any atom is -0.462 e. The zero-order chi connectivity index (χ0) is 36.6. The Morgan fingerprint density at radius 2 is 0.660 bits per heavy atom. The van der Waals surface area contributed by atoms with Crippen molar-refractivity contribution < 1.29 is 28.6 Å². The van der Waals surface area contributed by atoms with Crippen molar-refractivity contribution in [3.05, 3.63) is 24.3 Å². The van der Waals surface area contributed by atoms with E-state index in [2.05, 4.69) is 45.1 Å². The lowest BCUT2D eigenvalue weighted by molar-refractivity contribution is -0.167. The van der Waals surface area contributed by atoms with Crippen LogP contribution in [0.1, 0.15) is 220 Å². The van der Waals surface area contributed by atoms with Gasteiger partial charge >= 0.3 is 17.9 Å². The van der Waals surface area contributed by atoms with Crippen LogP contribution in [0.5, 0.6) is 0 Å². The Morgan fingerprint density at radius 1 is 0.380 bits per heavy atom.